The van der Waals surface area contributed by atoms with Crippen LogP contribution in [0, 0.1) is 0 Å². The van der Waals surface area contributed by atoms with Gasteiger partial charge in [0.2, 0.25) is 0 Å². The number of hydrogen-bond acceptors (Lipinski definition) is 6. The monoisotopic (exact) mass is 244 g/mol. The van der Waals surface area contributed by atoms with E-state index in [1.165, 1.54) is 6.20 Å². The van der Waals surface area contributed by atoms with Gasteiger partial charge >= 0.3 is 5.69 Å². The molecular weight excluding hydrogens is 232 g/mol. The molecule has 0 aromatic carbocycles. The van der Waals surface area contributed by atoms with E-state index in [-0.39, 0.29) is 0 Å². The molecular formula is C9H12N2O6. The molecule has 1 saturated heterocycles. The van der Waals surface area contributed by atoms with Crippen LogP contribution in [0.5, 0.6) is 0 Å². The van der Waals surface area contributed by atoms with Crippen molar-refractivity contribution in [2.24, 2.45) is 0 Å². The molecule has 94 valence electrons. The lowest BCUT2D eigenvalue weighted by Crippen LogP contribution is -2.42. The molecule has 0 saturated carbocycles. The first-order valence-corrected chi connectivity index (χ1v) is 4.99. The summed E-state index contributed by atoms with van der Waals surface area (Å²) in [6, 6.07) is 1.09. The van der Waals surface area contributed by atoms with Gasteiger partial charge in [-0.15, -0.1) is 0 Å². The van der Waals surface area contributed by atoms with Gasteiger partial charge in [-0.05, 0) is 0 Å². The third kappa shape index (κ3) is 1.91. The highest BCUT2D eigenvalue weighted by atomic mass is 16.6. The second-order valence-corrected chi connectivity index (χ2v) is 3.72. The third-order valence-corrected chi connectivity index (χ3v) is 2.66. The predicted octanol–water partition coefficient (Wildman–Crippen LogP) is -2.85. The second kappa shape index (κ2) is 4.41. The van der Waals surface area contributed by atoms with E-state index in [1.54, 1.807) is 0 Å². The maximum atomic E-state index is 11.5. The maximum absolute atomic E-state index is 11.5. The smallest absolute Gasteiger partial charge is 0.330 e. The largest absolute Gasteiger partial charge is 0.394 e. The average molecular weight is 244 g/mol. The number of nitrogens with zero attached hydrogens (tertiary/aromatic N) is 1. The zero-order valence-corrected chi connectivity index (χ0v) is 8.68. The van der Waals surface area contributed by atoms with Crippen molar-refractivity contribution in [1.82, 2.24) is 9.55 Å². The fourth-order valence-electron chi connectivity index (χ4n) is 1.77. The van der Waals surface area contributed by atoms with E-state index in [0.717, 1.165) is 6.07 Å². The molecule has 8 nitrogen and oxygen atoms in total. The number of aromatic amines is 1. The molecule has 2 heterocycles. The van der Waals surface area contributed by atoms with Gasteiger partial charge in [-0.1, -0.05) is 0 Å². The van der Waals surface area contributed by atoms with Crippen molar-refractivity contribution in [3.8, 4) is 0 Å². The standard InChI is InChI=1S/C9H12N2O6/c12-3-4-6(14)7(15)8(17-4)11-5(13)1-2-10-9(11)16/h1-2,4,6-8,12,14-15H,3H2,(H,10,16)/t4-,6-,7-,8+/m0/s1. The van der Waals surface area contributed by atoms with Crippen LogP contribution < -0.4 is 11.2 Å². The van der Waals surface area contributed by atoms with Crippen LogP contribution >= 0.6 is 0 Å². The minimum atomic E-state index is -1.45. The molecule has 1 fully saturated rings. The summed E-state index contributed by atoms with van der Waals surface area (Å²) in [4.78, 5) is 25.2. The van der Waals surface area contributed by atoms with Crippen LogP contribution in [0.15, 0.2) is 21.9 Å². The molecule has 0 aliphatic carbocycles. The quantitative estimate of drug-likeness (QED) is 0.444. The van der Waals surface area contributed by atoms with Gasteiger partial charge in [0.1, 0.15) is 18.3 Å². The van der Waals surface area contributed by atoms with Crippen LogP contribution in [0.25, 0.3) is 0 Å². The fraction of sp³-hybridized carbons (Fsp3) is 0.556. The number of ether oxygens (including phenoxy) is 1. The number of aliphatic hydroxyl groups excluding tert-OH is 3. The molecule has 17 heavy (non-hydrogen) atoms. The molecule has 4 atom stereocenters. The predicted molar refractivity (Wildman–Crippen MR) is 54.3 cm³/mol. The van der Waals surface area contributed by atoms with Crippen LogP contribution in [0.3, 0.4) is 0 Å². The van der Waals surface area contributed by atoms with Crippen LogP contribution in [0.2, 0.25) is 0 Å². The van der Waals surface area contributed by atoms with Gasteiger partial charge in [0.15, 0.2) is 6.23 Å². The summed E-state index contributed by atoms with van der Waals surface area (Å²) in [6.45, 7) is -0.520. The lowest BCUT2D eigenvalue weighted by atomic mass is 10.1. The zero-order valence-electron chi connectivity index (χ0n) is 8.68. The third-order valence-electron chi connectivity index (χ3n) is 2.66. The van der Waals surface area contributed by atoms with Gasteiger partial charge in [0, 0.05) is 12.3 Å². The van der Waals surface area contributed by atoms with Gasteiger partial charge in [-0.2, -0.15) is 0 Å². The Kier molecular flexibility index (Phi) is 3.11. The van der Waals surface area contributed by atoms with Crippen LogP contribution in [0.1, 0.15) is 6.23 Å². The van der Waals surface area contributed by atoms with E-state index < -0.39 is 42.4 Å². The highest BCUT2D eigenvalue weighted by molar-refractivity contribution is 4.93. The zero-order chi connectivity index (χ0) is 12.6. The van der Waals surface area contributed by atoms with Gasteiger partial charge < -0.3 is 25.0 Å². The van der Waals surface area contributed by atoms with Crippen LogP contribution in [0.4, 0.5) is 0 Å². The normalized spacial score (nSPS) is 32.9. The highest BCUT2D eigenvalue weighted by Crippen LogP contribution is 2.26. The molecule has 1 aromatic rings. The Labute approximate surface area is 94.7 Å². The summed E-state index contributed by atoms with van der Waals surface area (Å²) in [5.41, 5.74) is -1.42. The number of hydrogen-bond donors (Lipinski definition) is 4. The Morgan fingerprint density at radius 3 is 2.59 bits per heavy atom. The Hall–Kier alpha value is -1.48. The summed E-state index contributed by atoms with van der Waals surface area (Å²) < 4.78 is 5.73. The van der Waals surface area contributed by atoms with E-state index in [1.807, 2.05) is 0 Å². The SMILES string of the molecule is O=c1cc[nH]c(=O)n1[C@@H]1O[C@@H](CO)[C@H](O)[C@@H]1O. The molecule has 0 amide bonds. The van der Waals surface area contributed by atoms with E-state index in [4.69, 9.17) is 9.84 Å². The molecule has 8 heteroatoms. The average Bonchev–Trinajstić information content (AvgIpc) is 2.57. The van der Waals surface area contributed by atoms with Crippen molar-refractivity contribution >= 4 is 0 Å². The lowest BCUT2D eigenvalue weighted by Gasteiger charge is -2.15. The minimum Gasteiger partial charge on any atom is -0.394 e. The van der Waals surface area contributed by atoms with Crippen molar-refractivity contribution in [2.45, 2.75) is 24.5 Å². The first kappa shape index (κ1) is 12.0. The Morgan fingerprint density at radius 2 is 2.06 bits per heavy atom. The summed E-state index contributed by atoms with van der Waals surface area (Å²) in [5.74, 6) is 0. The lowest BCUT2D eigenvalue weighted by molar-refractivity contribution is -0.0564. The summed E-state index contributed by atoms with van der Waals surface area (Å²) in [6.07, 6.45) is -3.96. The van der Waals surface area contributed by atoms with E-state index >= 15 is 0 Å². The molecule has 2 rings (SSSR count). The first-order chi connectivity index (χ1) is 8.06. The van der Waals surface area contributed by atoms with Crippen LogP contribution in [-0.2, 0) is 4.74 Å². The van der Waals surface area contributed by atoms with Gasteiger partial charge in [0.25, 0.3) is 5.56 Å². The molecule has 1 aromatic heterocycles. The summed E-state index contributed by atoms with van der Waals surface area (Å²) in [7, 11) is 0. The molecule has 4 N–H and O–H groups in total. The molecule has 1 aliphatic heterocycles. The Bertz CT molecular complexity index is 480. The molecule has 0 radical (unpaired) electrons. The summed E-state index contributed by atoms with van der Waals surface area (Å²) in [5, 5.41) is 28.1. The van der Waals surface area contributed by atoms with Gasteiger partial charge in [-0.3, -0.25) is 4.79 Å². The topological polar surface area (TPSA) is 125 Å². The van der Waals surface area contributed by atoms with E-state index in [2.05, 4.69) is 4.98 Å². The summed E-state index contributed by atoms with van der Waals surface area (Å²) >= 11 is 0. The number of aliphatic hydroxyl groups is 3. The van der Waals surface area contributed by atoms with Gasteiger partial charge in [-0.25, -0.2) is 9.36 Å². The van der Waals surface area contributed by atoms with Crippen molar-refractivity contribution in [2.75, 3.05) is 6.61 Å². The van der Waals surface area contributed by atoms with Crippen molar-refractivity contribution in [1.29, 1.82) is 0 Å². The Balaban J connectivity index is 2.42. The van der Waals surface area contributed by atoms with E-state index in [9.17, 15) is 19.8 Å². The fourth-order valence-corrected chi connectivity index (χ4v) is 1.77. The second-order valence-electron chi connectivity index (χ2n) is 3.72. The maximum Gasteiger partial charge on any atom is 0.330 e. The molecule has 0 unspecified atom stereocenters. The first-order valence-electron chi connectivity index (χ1n) is 4.99. The number of rotatable bonds is 2. The number of aromatic nitrogens is 2. The van der Waals surface area contributed by atoms with E-state index in [0.29, 0.717) is 4.57 Å². The minimum absolute atomic E-state index is 0.520. The number of nitrogens with one attached hydrogen (secondary N) is 1. The Morgan fingerprint density at radius 1 is 1.35 bits per heavy atom. The highest BCUT2D eigenvalue weighted by Gasteiger charge is 2.44. The van der Waals surface area contributed by atoms with Crippen molar-refractivity contribution in [3.05, 3.63) is 33.1 Å². The van der Waals surface area contributed by atoms with Crippen molar-refractivity contribution in [3.63, 3.8) is 0 Å². The van der Waals surface area contributed by atoms with Gasteiger partial charge in [0.05, 0.1) is 6.61 Å². The molecule has 1 aliphatic rings. The molecule has 0 spiro atoms. The van der Waals surface area contributed by atoms with Crippen LogP contribution in [-0.4, -0.2) is 49.8 Å². The molecule has 0 bridgehead atoms. The number of H-pyrrole nitrogens is 1. The van der Waals surface area contributed by atoms with Crippen molar-refractivity contribution < 1.29 is 20.1 Å².